The lowest BCUT2D eigenvalue weighted by atomic mass is 9.88. The van der Waals surface area contributed by atoms with Crippen molar-refractivity contribution < 1.29 is 4.79 Å². The van der Waals surface area contributed by atoms with E-state index in [1.165, 1.54) is 35.6 Å². The van der Waals surface area contributed by atoms with E-state index in [-0.39, 0.29) is 17.9 Å². The SMILES string of the molecule is CC(NC(=O)C1CC2CCC1C2)c1cccc2ccccc12. The smallest absolute Gasteiger partial charge is 0.223 e. The van der Waals surface area contributed by atoms with Gasteiger partial charge >= 0.3 is 0 Å². The Labute approximate surface area is 131 Å². The highest BCUT2D eigenvalue weighted by molar-refractivity contribution is 5.87. The van der Waals surface area contributed by atoms with Crippen LogP contribution in [0.15, 0.2) is 42.5 Å². The molecule has 114 valence electrons. The van der Waals surface area contributed by atoms with Crippen LogP contribution in [0.2, 0.25) is 0 Å². The molecule has 0 spiro atoms. The summed E-state index contributed by atoms with van der Waals surface area (Å²) in [6.45, 7) is 2.10. The zero-order chi connectivity index (χ0) is 15.1. The van der Waals surface area contributed by atoms with Crippen LogP contribution >= 0.6 is 0 Å². The van der Waals surface area contributed by atoms with Crippen molar-refractivity contribution in [1.82, 2.24) is 5.32 Å². The van der Waals surface area contributed by atoms with E-state index in [2.05, 4.69) is 54.7 Å². The van der Waals surface area contributed by atoms with Gasteiger partial charge in [0.1, 0.15) is 0 Å². The molecule has 1 N–H and O–H groups in total. The standard InChI is InChI=1S/C20H23NO/c1-13(17-8-4-6-15-5-2-3-7-18(15)17)21-20(22)19-12-14-9-10-16(19)11-14/h2-8,13-14,16,19H,9-12H2,1H3,(H,21,22). The number of benzene rings is 2. The van der Waals surface area contributed by atoms with E-state index >= 15 is 0 Å². The molecular formula is C20H23NO. The molecule has 2 aliphatic carbocycles. The normalized spacial score (nSPS) is 28.0. The van der Waals surface area contributed by atoms with Gasteiger partial charge in [-0.25, -0.2) is 0 Å². The molecule has 2 bridgehead atoms. The third-order valence-electron chi connectivity index (χ3n) is 5.72. The van der Waals surface area contributed by atoms with Gasteiger partial charge in [0.2, 0.25) is 5.91 Å². The van der Waals surface area contributed by atoms with E-state index < -0.39 is 0 Å². The first kappa shape index (κ1) is 13.8. The van der Waals surface area contributed by atoms with E-state index in [4.69, 9.17) is 0 Å². The summed E-state index contributed by atoms with van der Waals surface area (Å²) in [4.78, 5) is 12.6. The number of hydrogen-bond acceptors (Lipinski definition) is 1. The maximum absolute atomic E-state index is 12.6. The molecular weight excluding hydrogens is 270 g/mol. The number of rotatable bonds is 3. The predicted octanol–water partition coefficient (Wildman–Crippen LogP) is 4.45. The quantitative estimate of drug-likeness (QED) is 0.889. The maximum Gasteiger partial charge on any atom is 0.223 e. The van der Waals surface area contributed by atoms with Crippen molar-refractivity contribution in [3.63, 3.8) is 0 Å². The van der Waals surface area contributed by atoms with Crippen molar-refractivity contribution in [3.05, 3.63) is 48.0 Å². The minimum Gasteiger partial charge on any atom is -0.349 e. The van der Waals surface area contributed by atoms with E-state index in [0.717, 1.165) is 12.3 Å². The fourth-order valence-electron chi connectivity index (χ4n) is 4.59. The van der Waals surface area contributed by atoms with E-state index in [0.29, 0.717) is 5.92 Å². The zero-order valence-corrected chi connectivity index (χ0v) is 13.1. The molecule has 0 aromatic heterocycles. The van der Waals surface area contributed by atoms with Gasteiger partial charge in [-0.1, -0.05) is 48.9 Å². The first-order chi connectivity index (χ1) is 10.7. The van der Waals surface area contributed by atoms with Gasteiger partial charge in [0.15, 0.2) is 0 Å². The molecule has 0 saturated heterocycles. The summed E-state index contributed by atoms with van der Waals surface area (Å²) in [5.41, 5.74) is 1.22. The van der Waals surface area contributed by atoms with Crippen molar-refractivity contribution in [1.29, 1.82) is 0 Å². The molecule has 2 heteroatoms. The fourth-order valence-corrected chi connectivity index (χ4v) is 4.59. The number of fused-ring (bicyclic) bond motifs is 3. The molecule has 0 aliphatic heterocycles. The molecule has 4 atom stereocenters. The summed E-state index contributed by atoms with van der Waals surface area (Å²) in [5.74, 6) is 1.99. The van der Waals surface area contributed by atoms with Gasteiger partial charge in [-0.05, 0) is 54.4 Å². The summed E-state index contributed by atoms with van der Waals surface area (Å²) in [6, 6.07) is 14.8. The second kappa shape index (κ2) is 5.42. The van der Waals surface area contributed by atoms with Crippen LogP contribution in [0.3, 0.4) is 0 Å². The highest BCUT2D eigenvalue weighted by Crippen LogP contribution is 2.48. The summed E-state index contributed by atoms with van der Waals surface area (Å²) in [7, 11) is 0. The minimum atomic E-state index is 0.0673. The van der Waals surface area contributed by atoms with Gasteiger partial charge in [-0.15, -0.1) is 0 Å². The number of nitrogens with one attached hydrogen (secondary N) is 1. The number of hydrogen-bond donors (Lipinski definition) is 1. The van der Waals surface area contributed by atoms with Crippen molar-refractivity contribution in [3.8, 4) is 0 Å². The lowest BCUT2D eigenvalue weighted by Crippen LogP contribution is -2.35. The second-order valence-electron chi connectivity index (χ2n) is 7.08. The number of carbonyl (C=O) groups excluding carboxylic acids is 1. The van der Waals surface area contributed by atoms with Crippen LogP contribution < -0.4 is 5.32 Å². The van der Waals surface area contributed by atoms with E-state index in [1.807, 2.05) is 0 Å². The van der Waals surface area contributed by atoms with Gasteiger partial charge in [-0.2, -0.15) is 0 Å². The van der Waals surface area contributed by atoms with Crippen molar-refractivity contribution >= 4 is 16.7 Å². The van der Waals surface area contributed by atoms with Crippen molar-refractivity contribution in [2.24, 2.45) is 17.8 Å². The van der Waals surface area contributed by atoms with Crippen molar-refractivity contribution in [2.45, 2.75) is 38.6 Å². The molecule has 2 aromatic rings. The van der Waals surface area contributed by atoms with E-state index in [9.17, 15) is 4.79 Å². The Morgan fingerprint density at radius 1 is 1.09 bits per heavy atom. The molecule has 0 radical (unpaired) electrons. The lowest BCUT2D eigenvalue weighted by Gasteiger charge is -2.24. The van der Waals surface area contributed by atoms with Crippen LogP contribution in [0.1, 0.15) is 44.2 Å². The highest BCUT2D eigenvalue weighted by Gasteiger charge is 2.43. The molecule has 2 fully saturated rings. The topological polar surface area (TPSA) is 29.1 Å². The number of carbonyl (C=O) groups is 1. The van der Waals surface area contributed by atoms with Crippen LogP contribution in [0.4, 0.5) is 0 Å². The molecule has 0 heterocycles. The lowest BCUT2D eigenvalue weighted by molar-refractivity contribution is -0.127. The average Bonchev–Trinajstić information content (AvgIpc) is 3.17. The molecule has 22 heavy (non-hydrogen) atoms. The Morgan fingerprint density at radius 2 is 1.91 bits per heavy atom. The van der Waals surface area contributed by atoms with Crippen molar-refractivity contribution in [2.75, 3.05) is 0 Å². The summed E-state index contributed by atoms with van der Waals surface area (Å²) < 4.78 is 0. The van der Waals surface area contributed by atoms with Crippen LogP contribution in [0.25, 0.3) is 10.8 Å². The van der Waals surface area contributed by atoms with Crippen LogP contribution in [-0.4, -0.2) is 5.91 Å². The fraction of sp³-hybridized carbons (Fsp3) is 0.450. The first-order valence-corrected chi connectivity index (χ1v) is 8.50. The molecule has 4 rings (SSSR count). The molecule has 2 saturated carbocycles. The van der Waals surface area contributed by atoms with E-state index in [1.54, 1.807) is 0 Å². The highest BCUT2D eigenvalue weighted by atomic mass is 16.2. The summed E-state index contributed by atoms with van der Waals surface area (Å²) in [6.07, 6.45) is 4.98. The largest absolute Gasteiger partial charge is 0.349 e. The summed E-state index contributed by atoms with van der Waals surface area (Å²) in [5, 5.41) is 5.75. The minimum absolute atomic E-state index is 0.0673. The Balaban J connectivity index is 1.54. The summed E-state index contributed by atoms with van der Waals surface area (Å²) >= 11 is 0. The Kier molecular flexibility index (Phi) is 3.40. The van der Waals surface area contributed by atoms with Gasteiger partial charge in [0.25, 0.3) is 0 Å². The Hall–Kier alpha value is -1.83. The second-order valence-corrected chi connectivity index (χ2v) is 7.08. The third kappa shape index (κ3) is 2.31. The molecule has 2 nitrogen and oxygen atoms in total. The third-order valence-corrected chi connectivity index (χ3v) is 5.72. The molecule has 2 aromatic carbocycles. The maximum atomic E-state index is 12.6. The van der Waals surface area contributed by atoms with Gasteiger partial charge < -0.3 is 5.32 Å². The van der Waals surface area contributed by atoms with Gasteiger partial charge in [0, 0.05) is 5.92 Å². The van der Waals surface area contributed by atoms with Gasteiger partial charge in [-0.3, -0.25) is 4.79 Å². The molecule has 1 amide bonds. The average molecular weight is 293 g/mol. The molecule has 2 aliphatic rings. The van der Waals surface area contributed by atoms with Crippen LogP contribution in [0.5, 0.6) is 0 Å². The Morgan fingerprint density at radius 3 is 2.68 bits per heavy atom. The first-order valence-electron chi connectivity index (χ1n) is 8.50. The van der Waals surface area contributed by atoms with Crippen LogP contribution in [-0.2, 0) is 4.79 Å². The zero-order valence-electron chi connectivity index (χ0n) is 13.1. The monoisotopic (exact) mass is 293 g/mol. The number of amides is 1. The Bertz CT molecular complexity index is 702. The van der Waals surface area contributed by atoms with Crippen LogP contribution in [0, 0.1) is 17.8 Å². The molecule has 4 unspecified atom stereocenters. The predicted molar refractivity (Wildman–Crippen MR) is 89.4 cm³/mol. The van der Waals surface area contributed by atoms with Gasteiger partial charge in [0.05, 0.1) is 6.04 Å².